The Hall–Kier alpha value is -1.26. The number of nitrogens with one attached hydrogen (secondary N) is 2. The van der Waals surface area contributed by atoms with Crippen LogP contribution in [-0.2, 0) is 11.2 Å². The Morgan fingerprint density at radius 1 is 1.37 bits per heavy atom. The van der Waals surface area contributed by atoms with E-state index in [2.05, 4.69) is 16.7 Å². The van der Waals surface area contributed by atoms with Gasteiger partial charge >= 0.3 is 0 Å². The standard InChI is InChI=1S/C14H18N2O2.ClH/c17-14(12-5-3-7-15-12)16-11-8-10-4-1-2-6-13(10)18-9-11;/h1-2,4,6,11-12,15H,3,5,7-9H2,(H,16,17);1H. The number of fused-ring (bicyclic) bond motifs is 1. The molecule has 2 aliphatic heterocycles. The predicted octanol–water partition coefficient (Wildman–Crippen LogP) is 1.28. The van der Waals surface area contributed by atoms with E-state index in [-0.39, 0.29) is 30.4 Å². The number of ether oxygens (including phenoxy) is 1. The van der Waals surface area contributed by atoms with Crippen LogP contribution >= 0.6 is 12.4 Å². The Morgan fingerprint density at radius 2 is 2.21 bits per heavy atom. The fourth-order valence-corrected chi connectivity index (χ4v) is 2.63. The number of amides is 1. The molecule has 2 atom stereocenters. The molecular formula is C14H19ClN2O2. The molecule has 0 saturated carbocycles. The van der Waals surface area contributed by atoms with Crippen molar-refractivity contribution in [3.8, 4) is 5.75 Å². The summed E-state index contributed by atoms with van der Waals surface area (Å²) in [6, 6.07) is 8.09. The molecule has 0 aromatic heterocycles. The van der Waals surface area contributed by atoms with Gasteiger partial charge in [-0.3, -0.25) is 4.79 Å². The Labute approximate surface area is 119 Å². The van der Waals surface area contributed by atoms with Crippen LogP contribution in [0.4, 0.5) is 0 Å². The highest BCUT2D eigenvalue weighted by atomic mass is 35.5. The van der Waals surface area contributed by atoms with Gasteiger partial charge in [0.15, 0.2) is 0 Å². The fourth-order valence-electron chi connectivity index (χ4n) is 2.63. The molecule has 1 amide bonds. The van der Waals surface area contributed by atoms with Crippen molar-refractivity contribution in [3.05, 3.63) is 29.8 Å². The first kappa shape index (κ1) is 14.2. The zero-order valence-corrected chi connectivity index (χ0v) is 11.5. The summed E-state index contributed by atoms with van der Waals surface area (Å²) in [7, 11) is 0. The number of rotatable bonds is 2. The maximum Gasteiger partial charge on any atom is 0.237 e. The van der Waals surface area contributed by atoms with Gasteiger partial charge in [0.05, 0.1) is 12.1 Å². The largest absolute Gasteiger partial charge is 0.491 e. The second-order valence-electron chi connectivity index (χ2n) is 4.98. The van der Waals surface area contributed by atoms with Gasteiger partial charge in [-0.25, -0.2) is 0 Å². The summed E-state index contributed by atoms with van der Waals surface area (Å²) in [5, 5.41) is 6.29. The monoisotopic (exact) mass is 282 g/mol. The first-order chi connectivity index (χ1) is 8.83. The molecule has 19 heavy (non-hydrogen) atoms. The maximum atomic E-state index is 12.0. The van der Waals surface area contributed by atoms with Crippen LogP contribution < -0.4 is 15.4 Å². The maximum absolute atomic E-state index is 12.0. The Kier molecular flexibility index (Phi) is 4.66. The van der Waals surface area contributed by atoms with Gasteiger partial charge in [-0.1, -0.05) is 18.2 Å². The van der Waals surface area contributed by atoms with Crippen molar-refractivity contribution >= 4 is 18.3 Å². The zero-order chi connectivity index (χ0) is 12.4. The summed E-state index contributed by atoms with van der Waals surface area (Å²) in [6.45, 7) is 1.51. The van der Waals surface area contributed by atoms with Gasteiger partial charge in [0.2, 0.25) is 5.91 Å². The van der Waals surface area contributed by atoms with Crippen LogP contribution in [0.25, 0.3) is 0 Å². The van der Waals surface area contributed by atoms with Gasteiger partial charge in [0.25, 0.3) is 0 Å². The van der Waals surface area contributed by atoms with Crippen molar-refractivity contribution in [2.24, 2.45) is 0 Å². The van der Waals surface area contributed by atoms with Crippen molar-refractivity contribution < 1.29 is 9.53 Å². The third kappa shape index (κ3) is 3.19. The molecule has 0 radical (unpaired) electrons. The van der Waals surface area contributed by atoms with Gasteiger partial charge in [0.1, 0.15) is 12.4 Å². The topological polar surface area (TPSA) is 50.4 Å². The van der Waals surface area contributed by atoms with E-state index in [1.165, 1.54) is 5.56 Å². The number of hydrogen-bond donors (Lipinski definition) is 2. The second-order valence-corrected chi connectivity index (χ2v) is 4.98. The molecule has 2 N–H and O–H groups in total. The first-order valence-corrected chi connectivity index (χ1v) is 6.57. The van der Waals surface area contributed by atoms with Gasteiger partial charge in [-0.15, -0.1) is 12.4 Å². The number of halogens is 1. The summed E-state index contributed by atoms with van der Waals surface area (Å²) < 4.78 is 5.66. The van der Waals surface area contributed by atoms with E-state index in [1.807, 2.05) is 18.2 Å². The van der Waals surface area contributed by atoms with E-state index in [0.717, 1.165) is 31.6 Å². The Balaban J connectivity index is 0.00000133. The van der Waals surface area contributed by atoms with Crippen molar-refractivity contribution in [2.75, 3.05) is 13.2 Å². The van der Waals surface area contributed by atoms with Crippen LogP contribution in [0.1, 0.15) is 18.4 Å². The van der Waals surface area contributed by atoms with Crippen molar-refractivity contribution in [1.29, 1.82) is 0 Å². The van der Waals surface area contributed by atoms with Crippen molar-refractivity contribution in [2.45, 2.75) is 31.3 Å². The number of carbonyl (C=O) groups excluding carboxylic acids is 1. The molecule has 5 heteroatoms. The lowest BCUT2D eigenvalue weighted by Crippen LogP contribution is -2.49. The molecule has 1 aromatic rings. The number of benzene rings is 1. The van der Waals surface area contributed by atoms with E-state index in [9.17, 15) is 4.79 Å². The van der Waals surface area contributed by atoms with Crippen LogP contribution in [0.15, 0.2) is 24.3 Å². The van der Waals surface area contributed by atoms with Gasteiger partial charge in [-0.2, -0.15) is 0 Å². The SMILES string of the molecule is Cl.O=C(NC1COc2ccccc2C1)C1CCCN1. The van der Waals surface area contributed by atoms with E-state index >= 15 is 0 Å². The average Bonchev–Trinajstić information content (AvgIpc) is 2.92. The number of carbonyl (C=O) groups is 1. The molecule has 2 unspecified atom stereocenters. The van der Waals surface area contributed by atoms with Crippen LogP contribution in [0, 0.1) is 0 Å². The fraction of sp³-hybridized carbons (Fsp3) is 0.500. The molecule has 0 aliphatic carbocycles. The van der Waals surface area contributed by atoms with Gasteiger partial charge < -0.3 is 15.4 Å². The minimum atomic E-state index is -0.0119. The van der Waals surface area contributed by atoms with Crippen LogP contribution in [-0.4, -0.2) is 31.1 Å². The van der Waals surface area contributed by atoms with Crippen LogP contribution in [0.2, 0.25) is 0 Å². The third-order valence-electron chi connectivity index (χ3n) is 3.60. The van der Waals surface area contributed by atoms with E-state index in [4.69, 9.17) is 4.74 Å². The van der Waals surface area contributed by atoms with Gasteiger partial charge in [0, 0.05) is 0 Å². The molecule has 2 heterocycles. The van der Waals surface area contributed by atoms with Crippen LogP contribution in [0.5, 0.6) is 5.75 Å². The summed E-state index contributed by atoms with van der Waals surface area (Å²) in [6.07, 6.45) is 2.88. The summed E-state index contributed by atoms with van der Waals surface area (Å²) >= 11 is 0. The molecule has 3 rings (SSSR count). The molecular weight excluding hydrogens is 264 g/mol. The predicted molar refractivity (Wildman–Crippen MR) is 75.8 cm³/mol. The van der Waals surface area contributed by atoms with Crippen molar-refractivity contribution in [3.63, 3.8) is 0 Å². The smallest absolute Gasteiger partial charge is 0.237 e. The lowest BCUT2D eigenvalue weighted by molar-refractivity contribution is -0.123. The average molecular weight is 283 g/mol. The summed E-state index contributed by atoms with van der Waals surface area (Å²) in [4.78, 5) is 12.0. The first-order valence-electron chi connectivity index (χ1n) is 6.57. The zero-order valence-electron chi connectivity index (χ0n) is 10.7. The van der Waals surface area contributed by atoms with Crippen molar-refractivity contribution in [1.82, 2.24) is 10.6 Å². The summed E-state index contributed by atoms with van der Waals surface area (Å²) in [5.74, 6) is 1.06. The summed E-state index contributed by atoms with van der Waals surface area (Å²) in [5.41, 5.74) is 1.17. The van der Waals surface area contributed by atoms with Gasteiger partial charge in [-0.05, 0) is 37.4 Å². The Bertz CT molecular complexity index is 447. The minimum absolute atomic E-state index is 0. The highest BCUT2D eigenvalue weighted by Gasteiger charge is 2.26. The lowest BCUT2D eigenvalue weighted by Gasteiger charge is -2.27. The van der Waals surface area contributed by atoms with E-state index in [1.54, 1.807) is 0 Å². The molecule has 2 aliphatic rings. The molecule has 1 fully saturated rings. The molecule has 0 spiro atoms. The number of hydrogen-bond acceptors (Lipinski definition) is 3. The molecule has 104 valence electrons. The number of para-hydroxylation sites is 1. The quantitative estimate of drug-likeness (QED) is 0.859. The van der Waals surface area contributed by atoms with Crippen LogP contribution in [0.3, 0.4) is 0 Å². The van der Waals surface area contributed by atoms with E-state index in [0.29, 0.717) is 6.61 Å². The Morgan fingerprint density at radius 3 is 3.00 bits per heavy atom. The third-order valence-corrected chi connectivity index (χ3v) is 3.60. The molecule has 4 nitrogen and oxygen atoms in total. The highest BCUT2D eigenvalue weighted by Crippen LogP contribution is 2.23. The molecule has 1 aromatic carbocycles. The molecule has 0 bridgehead atoms. The second kappa shape index (κ2) is 6.26. The normalized spacial score (nSPS) is 24.8. The molecule has 1 saturated heterocycles. The lowest BCUT2D eigenvalue weighted by atomic mass is 10.0. The highest BCUT2D eigenvalue weighted by molar-refractivity contribution is 5.85. The minimum Gasteiger partial charge on any atom is -0.491 e. The van der Waals surface area contributed by atoms with E-state index < -0.39 is 0 Å².